The van der Waals surface area contributed by atoms with Gasteiger partial charge in [0.2, 0.25) is 11.8 Å². The molecule has 0 saturated carbocycles. The van der Waals surface area contributed by atoms with Crippen molar-refractivity contribution in [2.24, 2.45) is 0 Å². The minimum absolute atomic E-state index is 0.429. The third kappa shape index (κ3) is 11.4. The van der Waals surface area contributed by atoms with E-state index in [2.05, 4.69) is 47.0 Å². The van der Waals surface area contributed by atoms with Crippen LogP contribution in [0, 0.1) is 0 Å². The average Bonchev–Trinajstić information content (AvgIpc) is 3.17. The van der Waals surface area contributed by atoms with Crippen LogP contribution < -0.4 is 20.1 Å². The second-order valence-electron chi connectivity index (χ2n) is 14.3. The number of nitrogens with zero attached hydrogens (tertiary/aromatic N) is 2. The number of benzene rings is 2. The molecule has 0 aliphatic heterocycles. The van der Waals surface area contributed by atoms with Crippen molar-refractivity contribution < 1.29 is 9.47 Å². The molecule has 266 valence electrons. The van der Waals surface area contributed by atoms with Gasteiger partial charge in [0.15, 0.2) is 0 Å². The van der Waals surface area contributed by atoms with Crippen LogP contribution in [0.4, 0.5) is 0 Å². The lowest BCUT2D eigenvalue weighted by molar-refractivity contribution is 0.291. The van der Waals surface area contributed by atoms with Crippen molar-refractivity contribution in [1.29, 1.82) is 0 Å². The van der Waals surface area contributed by atoms with E-state index in [4.69, 9.17) is 19.4 Å². The second kappa shape index (κ2) is 20.2. The van der Waals surface area contributed by atoms with Gasteiger partial charge in [0, 0.05) is 35.6 Å². The predicted octanol–water partition coefficient (Wildman–Crippen LogP) is 10.2. The highest BCUT2D eigenvalue weighted by Crippen LogP contribution is 2.31. The number of aryl methyl sites for hydroxylation is 2. The first-order valence-electron chi connectivity index (χ1n) is 19.6. The minimum Gasteiger partial charge on any atom is -0.473 e. The van der Waals surface area contributed by atoms with Gasteiger partial charge in [0.05, 0.1) is 0 Å². The molecule has 0 fully saturated rings. The maximum atomic E-state index is 5.98. The molecule has 0 radical (unpaired) electrons. The number of hydrogen-bond acceptors (Lipinski definition) is 6. The first-order valence-corrected chi connectivity index (χ1v) is 19.6. The molecular formula is C44H58N4O2. The summed E-state index contributed by atoms with van der Waals surface area (Å²) in [6.45, 7) is 3.32. The summed E-state index contributed by atoms with van der Waals surface area (Å²) in [5.74, 6) is 1.48. The Morgan fingerprint density at radius 3 is 1.30 bits per heavy atom. The minimum atomic E-state index is 0.429. The summed E-state index contributed by atoms with van der Waals surface area (Å²) in [5.41, 5.74) is 7.51. The monoisotopic (exact) mass is 674 g/mol. The molecule has 0 spiro atoms. The fraction of sp³-hybridized carbons (Fsp3) is 0.500. The number of unbranched alkanes of at least 4 members (excludes halogenated alkanes) is 9. The number of nitrogens with one attached hydrogen (secondary N) is 2. The van der Waals surface area contributed by atoms with E-state index in [0.717, 1.165) is 37.7 Å². The molecule has 2 aliphatic rings. The van der Waals surface area contributed by atoms with Gasteiger partial charge in [-0.15, -0.1) is 0 Å². The van der Waals surface area contributed by atoms with Gasteiger partial charge >= 0.3 is 0 Å². The third-order valence-corrected chi connectivity index (χ3v) is 10.4. The zero-order valence-electron chi connectivity index (χ0n) is 30.1. The molecule has 4 aromatic rings. The van der Waals surface area contributed by atoms with Gasteiger partial charge in [-0.25, -0.2) is 9.97 Å². The van der Waals surface area contributed by atoms with E-state index in [1.54, 1.807) is 0 Å². The van der Waals surface area contributed by atoms with Crippen LogP contribution in [0.2, 0.25) is 0 Å². The first-order chi connectivity index (χ1) is 24.8. The fourth-order valence-electron chi connectivity index (χ4n) is 7.54. The summed E-state index contributed by atoms with van der Waals surface area (Å²) < 4.78 is 12.0. The zero-order chi connectivity index (χ0) is 34.1. The van der Waals surface area contributed by atoms with Crippen molar-refractivity contribution in [3.8, 4) is 11.8 Å². The molecule has 6 nitrogen and oxygen atoms in total. The van der Waals surface area contributed by atoms with Gasteiger partial charge in [-0.1, -0.05) is 124 Å². The van der Waals surface area contributed by atoms with Crippen molar-refractivity contribution in [2.45, 2.75) is 128 Å². The van der Waals surface area contributed by atoms with E-state index in [1.165, 1.54) is 124 Å². The summed E-state index contributed by atoms with van der Waals surface area (Å²) in [5, 5.41) is 7.67. The van der Waals surface area contributed by atoms with Crippen LogP contribution in [-0.4, -0.2) is 23.1 Å². The van der Waals surface area contributed by atoms with Crippen LogP contribution >= 0.6 is 0 Å². The summed E-state index contributed by atoms with van der Waals surface area (Å²) in [4.78, 5) is 9.72. The maximum Gasteiger partial charge on any atom is 0.213 e. The van der Waals surface area contributed by atoms with Crippen molar-refractivity contribution in [1.82, 2.24) is 20.6 Å². The Kier molecular flexibility index (Phi) is 14.6. The van der Waals surface area contributed by atoms with Crippen molar-refractivity contribution in [2.75, 3.05) is 13.1 Å². The predicted molar refractivity (Wildman–Crippen MR) is 204 cm³/mol. The van der Waals surface area contributed by atoms with Crippen LogP contribution in [-0.2, 0) is 26.1 Å². The van der Waals surface area contributed by atoms with E-state index in [-0.39, 0.29) is 0 Å². The van der Waals surface area contributed by atoms with E-state index in [9.17, 15) is 0 Å². The normalized spacial score (nSPS) is 16.8. The average molecular weight is 675 g/mol. The van der Waals surface area contributed by atoms with Gasteiger partial charge in [0.1, 0.15) is 13.2 Å². The first kappa shape index (κ1) is 36.1. The number of hydrogen-bond donors (Lipinski definition) is 2. The molecule has 2 heterocycles. The van der Waals surface area contributed by atoms with Crippen LogP contribution in [0.3, 0.4) is 0 Å². The fourth-order valence-corrected chi connectivity index (χ4v) is 7.54. The van der Waals surface area contributed by atoms with Crippen molar-refractivity contribution in [3.05, 3.63) is 119 Å². The highest BCUT2D eigenvalue weighted by Gasteiger charge is 2.22. The lowest BCUT2D eigenvalue weighted by Gasteiger charge is -2.26. The molecule has 2 aromatic heterocycles. The lowest BCUT2D eigenvalue weighted by Crippen LogP contribution is -2.26. The topological polar surface area (TPSA) is 68.3 Å². The van der Waals surface area contributed by atoms with Gasteiger partial charge in [-0.05, 0) is 86.7 Å². The molecule has 6 heteroatoms. The lowest BCUT2D eigenvalue weighted by atomic mass is 9.91. The zero-order valence-corrected chi connectivity index (χ0v) is 30.1. The quantitative estimate of drug-likeness (QED) is 0.0858. The van der Waals surface area contributed by atoms with Gasteiger partial charge in [0.25, 0.3) is 0 Å². The Balaban J connectivity index is 0.761. The highest BCUT2D eigenvalue weighted by atomic mass is 16.5. The summed E-state index contributed by atoms with van der Waals surface area (Å²) in [6, 6.07) is 30.1. The Labute approximate surface area is 300 Å². The van der Waals surface area contributed by atoms with Crippen molar-refractivity contribution >= 4 is 0 Å². The summed E-state index contributed by atoms with van der Waals surface area (Å²) in [6.07, 6.45) is 20.3. The molecule has 50 heavy (non-hydrogen) atoms. The molecule has 2 aromatic carbocycles. The van der Waals surface area contributed by atoms with Gasteiger partial charge < -0.3 is 20.1 Å². The van der Waals surface area contributed by atoms with Crippen molar-refractivity contribution in [3.63, 3.8) is 0 Å². The van der Waals surface area contributed by atoms with E-state index >= 15 is 0 Å². The molecule has 2 N–H and O–H groups in total. The Morgan fingerprint density at radius 2 is 0.880 bits per heavy atom. The molecule has 0 bridgehead atoms. The van der Waals surface area contributed by atoms with E-state index in [0.29, 0.717) is 25.3 Å². The summed E-state index contributed by atoms with van der Waals surface area (Å²) >= 11 is 0. The Morgan fingerprint density at radius 1 is 0.480 bits per heavy atom. The molecule has 0 amide bonds. The van der Waals surface area contributed by atoms with Gasteiger partial charge in [-0.2, -0.15) is 0 Å². The number of rotatable bonds is 21. The molecule has 0 saturated heterocycles. The van der Waals surface area contributed by atoms with Crippen LogP contribution in [0.5, 0.6) is 11.8 Å². The standard InChI is InChI=1S/C44H58N4O2/c1(3-5-7-15-31-45-39-23-17-25-41-37(39)27-29-43(47-41)49-33-35-19-11-9-12-20-35)2-4-6-8-16-32-46-40-24-18-26-42-38(40)28-30-44(48-42)50-34-36-21-13-10-14-22-36/h9-14,19-22,27-30,39-40,45-46H,1-8,15-18,23-26,31-34H2/t39-,40-/m0/s1. The Bertz CT molecular complexity index is 1430. The van der Waals surface area contributed by atoms with Crippen LogP contribution in [0.15, 0.2) is 84.9 Å². The number of aromatic nitrogens is 2. The maximum absolute atomic E-state index is 5.98. The van der Waals surface area contributed by atoms with Crippen LogP contribution in [0.1, 0.15) is 136 Å². The smallest absolute Gasteiger partial charge is 0.213 e. The SMILES string of the molecule is c1ccc(COc2ccc3c(n2)CCC[C@@H]3NCCCCCCCCCCCCN[C@H]2CCCc3nc(OCc4ccccc4)ccc32)cc1. The van der Waals surface area contributed by atoms with E-state index in [1.807, 2.05) is 48.5 Å². The largest absolute Gasteiger partial charge is 0.473 e. The Hall–Kier alpha value is -3.74. The summed E-state index contributed by atoms with van der Waals surface area (Å²) in [7, 11) is 0. The van der Waals surface area contributed by atoms with E-state index < -0.39 is 0 Å². The number of ether oxygens (including phenoxy) is 2. The molecule has 6 rings (SSSR count). The third-order valence-electron chi connectivity index (χ3n) is 10.4. The number of fused-ring (bicyclic) bond motifs is 2. The molecule has 2 aliphatic carbocycles. The van der Waals surface area contributed by atoms with Crippen LogP contribution in [0.25, 0.3) is 0 Å². The second-order valence-corrected chi connectivity index (χ2v) is 14.3. The van der Waals surface area contributed by atoms with Gasteiger partial charge in [-0.3, -0.25) is 0 Å². The molecule has 0 unspecified atom stereocenters. The molecular weight excluding hydrogens is 617 g/mol. The molecule has 2 atom stereocenters. The number of pyridine rings is 2. The highest BCUT2D eigenvalue weighted by molar-refractivity contribution is 5.32.